The van der Waals surface area contributed by atoms with Crippen molar-refractivity contribution in [1.82, 2.24) is 34.4 Å². The fourth-order valence-corrected chi connectivity index (χ4v) is 10.4. The van der Waals surface area contributed by atoms with E-state index in [4.69, 9.17) is 30.9 Å². The summed E-state index contributed by atoms with van der Waals surface area (Å²) in [6, 6.07) is 18.3. The Hall–Kier alpha value is -6.30. The SMILES string of the molecule is Cc1nn(C)c(C)c1-c1c(Cl)ccc2c(CCCOc3cccc4cc(F)ccc34)c(C(=O)OCCBr)n(CCN3CCN(C(=O)COc4cccc5c4CN(C4CCC(=O)NC4=O)C5=O)CC3)c12. The number of piperazine rings is 1. The summed E-state index contributed by atoms with van der Waals surface area (Å²) >= 11 is 10.6. The maximum atomic E-state index is 14.3. The molecule has 15 nitrogen and oxygen atoms in total. The van der Waals surface area contributed by atoms with Crippen LogP contribution in [-0.4, -0.2) is 123 Å². The molecule has 0 radical (unpaired) electrons. The number of amides is 4. The Bertz CT molecular complexity index is 3020. The average molecular weight is 1030 g/mol. The molecule has 1 unspecified atom stereocenters. The summed E-state index contributed by atoms with van der Waals surface area (Å²) in [4.78, 5) is 71.1. The van der Waals surface area contributed by atoms with Gasteiger partial charge in [-0.1, -0.05) is 51.8 Å². The highest BCUT2D eigenvalue weighted by molar-refractivity contribution is 9.09. The molecule has 0 spiro atoms. The Morgan fingerprint density at radius 2 is 1.68 bits per heavy atom. The van der Waals surface area contributed by atoms with Crippen LogP contribution in [0.15, 0.2) is 66.7 Å². The number of imide groups is 1. The van der Waals surface area contributed by atoms with E-state index >= 15 is 0 Å². The van der Waals surface area contributed by atoms with Crippen molar-refractivity contribution in [2.24, 2.45) is 7.05 Å². The lowest BCUT2D eigenvalue weighted by molar-refractivity contribution is -0.137. The van der Waals surface area contributed by atoms with E-state index in [0.29, 0.717) is 97.4 Å². The number of nitrogens with zero attached hydrogens (tertiary/aromatic N) is 6. The van der Waals surface area contributed by atoms with Crippen LogP contribution in [0, 0.1) is 19.7 Å². The number of piperidine rings is 1. The highest BCUT2D eigenvalue weighted by Crippen LogP contribution is 2.42. The number of esters is 1. The number of hydrogen-bond donors (Lipinski definition) is 1. The van der Waals surface area contributed by atoms with Gasteiger partial charge in [0.25, 0.3) is 11.8 Å². The number of halogens is 3. The van der Waals surface area contributed by atoms with Crippen molar-refractivity contribution in [2.45, 2.75) is 58.7 Å². The normalized spacial score (nSPS) is 16.4. The van der Waals surface area contributed by atoms with E-state index in [0.717, 1.165) is 49.8 Å². The van der Waals surface area contributed by atoms with Gasteiger partial charge in [-0.3, -0.25) is 34.1 Å². The molecule has 360 valence electrons. The smallest absolute Gasteiger partial charge is 0.355 e. The first-order chi connectivity index (χ1) is 33.3. The molecule has 6 aromatic rings. The summed E-state index contributed by atoms with van der Waals surface area (Å²) in [5.41, 5.74) is 6.47. The molecule has 2 aromatic heterocycles. The van der Waals surface area contributed by atoms with Crippen molar-refractivity contribution in [1.29, 1.82) is 0 Å². The molecule has 69 heavy (non-hydrogen) atoms. The lowest BCUT2D eigenvalue weighted by Crippen LogP contribution is -2.52. The van der Waals surface area contributed by atoms with Crippen LogP contribution in [0.2, 0.25) is 5.02 Å². The van der Waals surface area contributed by atoms with E-state index in [2.05, 4.69) is 26.1 Å². The Kier molecular flexibility index (Phi) is 14.1. The second-order valence-electron chi connectivity index (χ2n) is 17.6. The van der Waals surface area contributed by atoms with Crippen LogP contribution < -0.4 is 14.8 Å². The molecule has 1 atom stereocenters. The van der Waals surface area contributed by atoms with Crippen LogP contribution >= 0.6 is 27.5 Å². The highest BCUT2D eigenvalue weighted by Gasteiger charge is 2.40. The molecule has 18 heteroatoms. The number of aryl methyl sites for hydroxylation is 3. The zero-order chi connectivity index (χ0) is 48.5. The lowest BCUT2D eigenvalue weighted by Gasteiger charge is -2.35. The summed E-state index contributed by atoms with van der Waals surface area (Å²) < 4.78 is 36.1. The Morgan fingerprint density at radius 3 is 2.43 bits per heavy atom. The van der Waals surface area contributed by atoms with E-state index in [1.54, 1.807) is 29.2 Å². The van der Waals surface area contributed by atoms with Gasteiger partial charge >= 0.3 is 5.97 Å². The van der Waals surface area contributed by atoms with Gasteiger partial charge in [-0.25, -0.2) is 9.18 Å². The first kappa shape index (κ1) is 47.8. The van der Waals surface area contributed by atoms with Gasteiger partial charge in [-0.2, -0.15) is 5.10 Å². The highest BCUT2D eigenvalue weighted by atomic mass is 79.9. The molecule has 0 aliphatic carbocycles. The van der Waals surface area contributed by atoms with Crippen molar-refractivity contribution in [2.75, 3.05) is 57.9 Å². The van der Waals surface area contributed by atoms with E-state index < -0.39 is 17.9 Å². The number of ether oxygens (including phenoxy) is 3. The van der Waals surface area contributed by atoms with Crippen LogP contribution in [-0.2, 0) is 45.7 Å². The van der Waals surface area contributed by atoms with Crippen LogP contribution in [0.5, 0.6) is 11.5 Å². The molecule has 0 bridgehead atoms. The van der Waals surface area contributed by atoms with E-state index in [-0.39, 0.29) is 56.1 Å². The van der Waals surface area contributed by atoms with Crippen molar-refractivity contribution < 1.29 is 42.6 Å². The summed E-state index contributed by atoms with van der Waals surface area (Å²) in [7, 11) is 1.89. The fourth-order valence-electron chi connectivity index (χ4n) is 9.94. The zero-order valence-corrected chi connectivity index (χ0v) is 41.0. The number of hydrogen-bond acceptors (Lipinski definition) is 10. The van der Waals surface area contributed by atoms with Crippen LogP contribution in [0.4, 0.5) is 4.39 Å². The molecule has 2 saturated heterocycles. The number of rotatable bonds is 16. The minimum atomic E-state index is -0.761. The number of aromatic nitrogens is 3. The largest absolute Gasteiger partial charge is 0.493 e. The number of alkyl halides is 1. The Labute approximate surface area is 411 Å². The number of benzene rings is 4. The molecule has 5 heterocycles. The Morgan fingerprint density at radius 1 is 0.913 bits per heavy atom. The summed E-state index contributed by atoms with van der Waals surface area (Å²) in [6.07, 6.45) is 1.44. The van der Waals surface area contributed by atoms with Crippen LogP contribution in [0.1, 0.15) is 62.6 Å². The van der Waals surface area contributed by atoms with Crippen molar-refractivity contribution >= 4 is 78.8 Å². The van der Waals surface area contributed by atoms with Gasteiger partial charge in [-0.15, -0.1) is 0 Å². The fraction of sp³-hybridized carbons (Fsp3) is 0.373. The average Bonchev–Trinajstić information content (AvgIpc) is 3.93. The molecule has 9 rings (SSSR count). The quantitative estimate of drug-likeness (QED) is 0.0457. The molecule has 1 N–H and O–H groups in total. The number of carbonyl (C=O) groups excluding carboxylic acids is 5. The zero-order valence-electron chi connectivity index (χ0n) is 38.6. The molecule has 2 fully saturated rings. The maximum Gasteiger partial charge on any atom is 0.355 e. The second-order valence-corrected chi connectivity index (χ2v) is 18.8. The minimum absolute atomic E-state index is 0.136. The molecule has 3 aliphatic heterocycles. The van der Waals surface area contributed by atoms with Gasteiger partial charge < -0.3 is 28.6 Å². The summed E-state index contributed by atoms with van der Waals surface area (Å²) in [5.74, 6) is -1.09. The van der Waals surface area contributed by atoms with Crippen molar-refractivity contribution in [3.8, 4) is 22.6 Å². The Balaban J connectivity index is 0.923. The van der Waals surface area contributed by atoms with Gasteiger partial charge in [0.1, 0.15) is 35.7 Å². The maximum absolute atomic E-state index is 14.3. The third-order valence-corrected chi connectivity index (χ3v) is 14.1. The van der Waals surface area contributed by atoms with Gasteiger partial charge in [0.15, 0.2) is 6.61 Å². The predicted molar refractivity (Wildman–Crippen MR) is 261 cm³/mol. The lowest BCUT2D eigenvalue weighted by atomic mass is 9.98. The number of carbonyl (C=O) groups is 5. The summed E-state index contributed by atoms with van der Waals surface area (Å²) in [5, 5.41) is 10.5. The van der Waals surface area contributed by atoms with Gasteiger partial charge in [0.05, 0.1) is 29.4 Å². The second kappa shape index (κ2) is 20.3. The predicted octanol–water partition coefficient (Wildman–Crippen LogP) is 7.15. The number of fused-ring (bicyclic) bond motifs is 3. The molecular weight excluding hydrogens is 973 g/mol. The molecule has 4 aromatic carbocycles. The van der Waals surface area contributed by atoms with Crippen molar-refractivity contribution in [3.05, 3.63) is 111 Å². The molecule has 0 saturated carbocycles. The molecular formula is C51H52BrClFN7O8. The number of nitrogens with one attached hydrogen (secondary N) is 1. The van der Waals surface area contributed by atoms with Gasteiger partial charge in [-0.05, 0) is 86.5 Å². The van der Waals surface area contributed by atoms with Crippen LogP contribution in [0.3, 0.4) is 0 Å². The van der Waals surface area contributed by atoms with Gasteiger partial charge in [0, 0.05) is 96.8 Å². The van der Waals surface area contributed by atoms with Gasteiger partial charge in [0.2, 0.25) is 11.8 Å². The standard InChI is InChI=1S/C51H52BrClFN7O8/c1-30-45(31(2)57(3)56-30)46-39(53)15-14-36-35(9-6-25-67-41-10-4-7-32-27-33(54)12-13-34(32)41)48(51(66)68-26-18-52)60(47(36)46)24-21-58-19-22-59(23-20-58)44(63)29-69-42-11-5-8-37-38(42)28-61(50(37)65)40-16-17-43(62)55-49(40)64/h4-5,7-8,10-15,27,40H,6,9,16-26,28-29H2,1-3H3,(H,55,62,64). The monoisotopic (exact) mass is 1020 g/mol. The van der Waals surface area contributed by atoms with E-state index in [1.807, 2.05) is 60.5 Å². The third-order valence-electron chi connectivity index (χ3n) is 13.4. The summed E-state index contributed by atoms with van der Waals surface area (Å²) in [6.45, 7) is 7.37. The van der Waals surface area contributed by atoms with Crippen molar-refractivity contribution in [3.63, 3.8) is 0 Å². The third kappa shape index (κ3) is 9.56. The van der Waals surface area contributed by atoms with E-state index in [9.17, 15) is 28.4 Å². The first-order valence-corrected chi connectivity index (χ1v) is 24.6. The molecule has 4 amide bonds. The molecule has 3 aliphatic rings. The van der Waals surface area contributed by atoms with E-state index in [1.165, 1.54) is 17.0 Å². The topological polar surface area (TPSA) is 158 Å². The first-order valence-electron chi connectivity index (χ1n) is 23.1. The minimum Gasteiger partial charge on any atom is -0.493 e. The van der Waals surface area contributed by atoms with Crippen LogP contribution in [0.25, 0.3) is 32.8 Å².